The Balaban J connectivity index is 1.69. The molecule has 0 amide bonds. The standard InChI is InChI=1S/C26H21N3S/c1-19(20-11-5-2-6-12-20)30-26-24-23(21-13-7-3-8-14-21)17-29(25(24)27-18-28-26)22-15-9-4-10-16-22/h2-19H,1H3/t19-/m1/s1. The van der Waals surface area contributed by atoms with E-state index < -0.39 is 0 Å². The van der Waals surface area contributed by atoms with Crippen LogP contribution in [-0.2, 0) is 0 Å². The van der Waals surface area contributed by atoms with Gasteiger partial charge in [0.2, 0.25) is 0 Å². The van der Waals surface area contributed by atoms with E-state index in [1.54, 1.807) is 18.1 Å². The Bertz CT molecular complexity index is 1270. The summed E-state index contributed by atoms with van der Waals surface area (Å²) >= 11 is 1.78. The lowest BCUT2D eigenvalue weighted by molar-refractivity contribution is 1.03. The summed E-state index contributed by atoms with van der Waals surface area (Å²) in [4.78, 5) is 9.39. The Morgan fingerprint density at radius 2 is 1.40 bits per heavy atom. The zero-order chi connectivity index (χ0) is 20.3. The van der Waals surface area contributed by atoms with Gasteiger partial charge in [-0.15, -0.1) is 0 Å². The largest absolute Gasteiger partial charge is 0.301 e. The number of rotatable bonds is 5. The van der Waals surface area contributed by atoms with Gasteiger partial charge in [-0.3, -0.25) is 0 Å². The van der Waals surface area contributed by atoms with Gasteiger partial charge in [0.05, 0.1) is 5.39 Å². The van der Waals surface area contributed by atoms with Crippen LogP contribution in [0.4, 0.5) is 0 Å². The maximum absolute atomic E-state index is 4.70. The van der Waals surface area contributed by atoms with Gasteiger partial charge in [-0.2, -0.15) is 0 Å². The summed E-state index contributed by atoms with van der Waals surface area (Å²) in [5.74, 6) is 0. The van der Waals surface area contributed by atoms with Crippen molar-refractivity contribution in [2.24, 2.45) is 0 Å². The average molecular weight is 408 g/mol. The highest BCUT2D eigenvalue weighted by atomic mass is 32.2. The first-order chi connectivity index (χ1) is 14.8. The predicted octanol–water partition coefficient (Wildman–Crippen LogP) is 6.94. The molecule has 2 heterocycles. The van der Waals surface area contributed by atoms with Crippen LogP contribution in [0.5, 0.6) is 0 Å². The van der Waals surface area contributed by atoms with Crippen LogP contribution in [0.25, 0.3) is 27.8 Å². The van der Waals surface area contributed by atoms with Gasteiger partial charge in [-0.05, 0) is 30.2 Å². The smallest absolute Gasteiger partial charge is 0.149 e. The van der Waals surface area contributed by atoms with Gasteiger partial charge >= 0.3 is 0 Å². The van der Waals surface area contributed by atoms with Crippen molar-refractivity contribution in [3.63, 3.8) is 0 Å². The minimum atomic E-state index is 0.285. The molecule has 0 aliphatic carbocycles. The van der Waals surface area contributed by atoms with E-state index >= 15 is 0 Å². The number of benzene rings is 3. The lowest BCUT2D eigenvalue weighted by Crippen LogP contribution is -1.95. The molecule has 4 heteroatoms. The fourth-order valence-electron chi connectivity index (χ4n) is 3.70. The average Bonchev–Trinajstić information content (AvgIpc) is 3.22. The van der Waals surface area contributed by atoms with E-state index in [1.165, 1.54) is 11.1 Å². The van der Waals surface area contributed by atoms with Gasteiger partial charge in [0.25, 0.3) is 0 Å². The molecule has 146 valence electrons. The van der Waals surface area contributed by atoms with E-state index in [4.69, 9.17) is 4.98 Å². The number of hydrogen-bond acceptors (Lipinski definition) is 3. The summed E-state index contributed by atoms with van der Waals surface area (Å²) in [5.41, 5.74) is 5.63. The minimum absolute atomic E-state index is 0.285. The third-order valence-corrected chi connectivity index (χ3v) is 6.38. The van der Waals surface area contributed by atoms with Crippen LogP contribution in [0, 0.1) is 0 Å². The second-order valence-corrected chi connectivity index (χ2v) is 8.49. The number of para-hydroxylation sites is 1. The second-order valence-electron chi connectivity index (χ2n) is 7.16. The van der Waals surface area contributed by atoms with Crippen LogP contribution in [0.15, 0.2) is 109 Å². The molecule has 5 aromatic rings. The van der Waals surface area contributed by atoms with E-state index in [1.807, 2.05) is 12.1 Å². The van der Waals surface area contributed by atoms with Crippen LogP contribution in [0.2, 0.25) is 0 Å². The number of thioether (sulfide) groups is 1. The van der Waals surface area contributed by atoms with Crippen LogP contribution < -0.4 is 0 Å². The molecule has 3 nitrogen and oxygen atoms in total. The molecular formula is C26H21N3S. The Hall–Kier alpha value is -3.37. The van der Waals surface area contributed by atoms with Crippen molar-refractivity contribution in [3.8, 4) is 16.8 Å². The summed E-state index contributed by atoms with van der Waals surface area (Å²) in [6, 6.07) is 31.4. The first-order valence-corrected chi connectivity index (χ1v) is 10.9. The molecule has 3 aromatic carbocycles. The lowest BCUT2D eigenvalue weighted by Gasteiger charge is -2.12. The third-order valence-electron chi connectivity index (χ3n) is 5.22. The van der Waals surface area contributed by atoms with Crippen molar-refractivity contribution in [2.45, 2.75) is 17.2 Å². The molecule has 0 radical (unpaired) electrons. The van der Waals surface area contributed by atoms with Crippen molar-refractivity contribution in [1.82, 2.24) is 14.5 Å². The number of hydrogen-bond donors (Lipinski definition) is 0. The van der Waals surface area contributed by atoms with Gasteiger partial charge in [0, 0.05) is 22.7 Å². The van der Waals surface area contributed by atoms with Crippen molar-refractivity contribution >= 4 is 22.8 Å². The van der Waals surface area contributed by atoms with E-state index in [-0.39, 0.29) is 5.25 Å². The summed E-state index contributed by atoms with van der Waals surface area (Å²) in [6.45, 7) is 2.23. The Morgan fingerprint density at radius 3 is 2.10 bits per heavy atom. The zero-order valence-corrected chi connectivity index (χ0v) is 17.5. The molecule has 0 saturated heterocycles. The van der Waals surface area contributed by atoms with E-state index in [0.717, 1.165) is 27.3 Å². The highest BCUT2D eigenvalue weighted by molar-refractivity contribution is 7.99. The number of fused-ring (bicyclic) bond motifs is 1. The van der Waals surface area contributed by atoms with Crippen molar-refractivity contribution < 1.29 is 0 Å². The molecule has 0 spiro atoms. The van der Waals surface area contributed by atoms with E-state index in [9.17, 15) is 0 Å². The fourth-order valence-corrected chi connectivity index (χ4v) is 4.76. The molecule has 0 aliphatic heterocycles. The summed E-state index contributed by atoms with van der Waals surface area (Å²) in [7, 11) is 0. The monoisotopic (exact) mass is 407 g/mol. The molecule has 0 bridgehead atoms. The van der Waals surface area contributed by atoms with Gasteiger partial charge in [-0.1, -0.05) is 90.6 Å². The third kappa shape index (κ3) is 3.51. The SMILES string of the molecule is C[C@@H](Sc1ncnc2c1c(-c1ccccc1)cn2-c1ccccc1)c1ccccc1. The van der Waals surface area contributed by atoms with Gasteiger partial charge in [0.1, 0.15) is 17.0 Å². The molecule has 1 atom stereocenters. The molecule has 2 aromatic heterocycles. The van der Waals surface area contributed by atoms with Crippen LogP contribution >= 0.6 is 11.8 Å². The molecule has 5 rings (SSSR count). The number of aromatic nitrogens is 3. The van der Waals surface area contributed by atoms with Gasteiger partial charge < -0.3 is 4.57 Å². The summed E-state index contributed by atoms with van der Waals surface area (Å²) < 4.78 is 2.16. The Morgan fingerprint density at radius 1 is 0.767 bits per heavy atom. The minimum Gasteiger partial charge on any atom is -0.301 e. The van der Waals surface area contributed by atoms with Gasteiger partial charge in [0.15, 0.2) is 0 Å². The molecule has 0 unspecified atom stereocenters. The van der Waals surface area contributed by atoms with Crippen molar-refractivity contribution in [3.05, 3.63) is 109 Å². The first kappa shape index (κ1) is 18.6. The van der Waals surface area contributed by atoms with Gasteiger partial charge in [-0.25, -0.2) is 9.97 Å². The molecule has 0 aliphatic rings. The first-order valence-electron chi connectivity index (χ1n) is 10.00. The lowest BCUT2D eigenvalue weighted by atomic mass is 10.1. The summed E-state index contributed by atoms with van der Waals surface area (Å²) in [5, 5.41) is 2.39. The Labute approximate surface area is 180 Å². The van der Waals surface area contributed by atoms with Crippen LogP contribution in [-0.4, -0.2) is 14.5 Å². The normalized spacial score (nSPS) is 12.2. The second kappa shape index (κ2) is 8.17. The highest BCUT2D eigenvalue weighted by Crippen LogP contribution is 2.41. The summed E-state index contributed by atoms with van der Waals surface area (Å²) in [6.07, 6.45) is 3.86. The molecule has 30 heavy (non-hydrogen) atoms. The van der Waals surface area contributed by atoms with E-state index in [0.29, 0.717) is 0 Å². The number of nitrogens with zero attached hydrogens (tertiary/aromatic N) is 3. The quantitative estimate of drug-likeness (QED) is 0.233. The molecular weight excluding hydrogens is 386 g/mol. The van der Waals surface area contributed by atoms with Crippen molar-refractivity contribution in [1.29, 1.82) is 0 Å². The van der Waals surface area contributed by atoms with Crippen molar-refractivity contribution in [2.75, 3.05) is 0 Å². The van der Waals surface area contributed by atoms with Crippen LogP contribution in [0.3, 0.4) is 0 Å². The Kier molecular flexibility index (Phi) is 5.08. The maximum Gasteiger partial charge on any atom is 0.149 e. The van der Waals surface area contributed by atoms with E-state index in [2.05, 4.69) is 102 Å². The molecule has 0 N–H and O–H groups in total. The predicted molar refractivity (Wildman–Crippen MR) is 125 cm³/mol. The topological polar surface area (TPSA) is 30.7 Å². The van der Waals surface area contributed by atoms with Crippen LogP contribution in [0.1, 0.15) is 17.7 Å². The molecule has 0 fully saturated rings. The zero-order valence-electron chi connectivity index (χ0n) is 16.6. The maximum atomic E-state index is 4.70. The fraction of sp³-hybridized carbons (Fsp3) is 0.0769. The highest BCUT2D eigenvalue weighted by Gasteiger charge is 2.19. The molecule has 0 saturated carbocycles.